The van der Waals surface area contributed by atoms with E-state index in [0.29, 0.717) is 6.04 Å². The maximum Gasteiger partial charge on any atom is 0.323 e. The lowest BCUT2D eigenvalue weighted by molar-refractivity contribution is 1.00. The van der Waals surface area contributed by atoms with Crippen LogP contribution in [0.2, 0.25) is 0 Å². The molecule has 1 aromatic carbocycles. The lowest BCUT2D eigenvalue weighted by Crippen LogP contribution is -2.03. The van der Waals surface area contributed by atoms with E-state index in [0.717, 1.165) is 28.1 Å². The molecule has 1 saturated carbocycles. The third-order valence-corrected chi connectivity index (χ3v) is 3.41. The third-order valence-electron chi connectivity index (χ3n) is 3.41. The zero-order chi connectivity index (χ0) is 13.5. The number of hydrogen-bond acceptors (Lipinski definition) is 4. The van der Waals surface area contributed by atoms with Crippen LogP contribution in [0.3, 0.4) is 0 Å². The van der Waals surface area contributed by atoms with Crippen molar-refractivity contribution >= 4 is 16.9 Å². The second kappa shape index (κ2) is 4.19. The minimum atomic E-state index is -0.202. The Morgan fingerprint density at radius 2 is 1.90 bits per heavy atom. The highest BCUT2D eigenvalue weighted by Gasteiger charge is 2.21. The molecule has 0 spiro atoms. The van der Waals surface area contributed by atoms with E-state index in [-0.39, 0.29) is 5.69 Å². The first-order chi connectivity index (χ1) is 9.78. The fraction of sp³-hybridized carbons (Fsp3) is 0.214. The van der Waals surface area contributed by atoms with Crippen molar-refractivity contribution < 1.29 is 0 Å². The van der Waals surface area contributed by atoms with E-state index in [4.69, 9.17) is 0 Å². The SMILES string of the molecule is O=c1[nH]c2ccc(-c3ccc(NC4CC4)nn3)cc2[nH]1. The van der Waals surface area contributed by atoms with Crippen LogP contribution in [0.4, 0.5) is 5.82 Å². The molecule has 0 amide bonds. The number of benzene rings is 1. The summed E-state index contributed by atoms with van der Waals surface area (Å²) in [7, 11) is 0. The standard InChI is InChI=1S/C14H13N5O/c20-14-16-11-4-1-8(7-12(11)17-14)10-5-6-13(19-18-10)15-9-2-3-9/h1,4-7,9H,2-3H2,(H,15,19)(H2,16,17,20). The molecule has 3 aromatic rings. The predicted molar refractivity (Wildman–Crippen MR) is 76.6 cm³/mol. The van der Waals surface area contributed by atoms with Gasteiger partial charge < -0.3 is 15.3 Å². The number of nitrogens with one attached hydrogen (secondary N) is 3. The van der Waals surface area contributed by atoms with Crippen LogP contribution in [-0.4, -0.2) is 26.2 Å². The Morgan fingerprint density at radius 3 is 2.65 bits per heavy atom. The molecular formula is C14H13N5O. The third kappa shape index (κ3) is 2.05. The zero-order valence-corrected chi connectivity index (χ0v) is 10.7. The van der Waals surface area contributed by atoms with Gasteiger partial charge in [0.05, 0.1) is 16.7 Å². The second-order valence-electron chi connectivity index (χ2n) is 5.06. The Hall–Kier alpha value is -2.63. The van der Waals surface area contributed by atoms with Crippen molar-refractivity contribution in [2.24, 2.45) is 0 Å². The summed E-state index contributed by atoms with van der Waals surface area (Å²) in [5, 5.41) is 11.7. The zero-order valence-electron chi connectivity index (χ0n) is 10.7. The van der Waals surface area contributed by atoms with Crippen molar-refractivity contribution in [3.05, 3.63) is 40.8 Å². The summed E-state index contributed by atoms with van der Waals surface area (Å²) >= 11 is 0. The van der Waals surface area contributed by atoms with Gasteiger partial charge in [-0.2, -0.15) is 0 Å². The average Bonchev–Trinajstić information content (AvgIpc) is 3.18. The molecule has 0 radical (unpaired) electrons. The largest absolute Gasteiger partial charge is 0.366 e. The number of H-pyrrole nitrogens is 2. The minimum Gasteiger partial charge on any atom is -0.366 e. The van der Waals surface area contributed by atoms with Crippen LogP contribution in [0.15, 0.2) is 35.1 Å². The summed E-state index contributed by atoms with van der Waals surface area (Å²) in [6.07, 6.45) is 2.42. The molecule has 20 heavy (non-hydrogen) atoms. The van der Waals surface area contributed by atoms with Gasteiger partial charge in [0.2, 0.25) is 0 Å². The van der Waals surface area contributed by atoms with Gasteiger partial charge in [-0.15, -0.1) is 10.2 Å². The first-order valence-electron chi connectivity index (χ1n) is 6.61. The Labute approximate surface area is 114 Å². The van der Waals surface area contributed by atoms with Crippen LogP contribution < -0.4 is 11.0 Å². The Bertz CT molecular complexity index is 813. The number of hydrogen-bond donors (Lipinski definition) is 3. The highest BCUT2D eigenvalue weighted by molar-refractivity contribution is 5.80. The molecule has 6 heteroatoms. The van der Waals surface area contributed by atoms with E-state index < -0.39 is 0 Å². The Balaban J connectivity index is 1.68. The molecule has 0 aliphatic heterocycles. The number of aromatic nitrogens is 4. The minimum absolute atomic E-state index is 0.202. The van der Waals surface area contributed by atoms with E-state index >= 15 is 0 Å². The van der Waals surface area contributed by atoms with Crippen LogP contribution in [-0.2, 0) is 0 Å². The normalized spacial score (nSPS) is 14.6. The van der Waals surface area contributed by atoms with Crippen molar-refractivity contribution in [2.45, 2.75) is 18.9 Å². The summed E-state index contributed by atoms with van der Waals surface area (Å²) < 4.78 is 0. The van der Waals surface area contributed by atoms with Crippen LogP contribution in [0.25, 0.3) is 22.3 Å². The van der Waals surface area contributed by atoms with Crippen molar-refractivity contribution in [1.82, 2.24) is 20.2 Å². The Kier molecular flexibility index (Phi) is 2.35. The van der Waals surface area contributed by atoms with E-state index in [1.165, 1.54) is 12.8 Å². The topological polar surface area (TPSA) is 86.5 Å². The van der Waals surface area contributed by atoms with Crippen LogP contribution >= 0.6 is 0 Å². The number of anilines is 1. The summed E-state index contributed by atoms with van der Waals surface area (Å²) in [5.74, 6) is 0.812. The molecular weight excluding hydrogens is 254 g/mol. The lowest BCUT2D eigenvalue weighted by atomic mass is 10.1. The first-order valence-corrected chi connectivity index (χ1v) is 6.61. The first kappa shape index (κ1) is 11.2. The molecule has 0 unspecified atom stereocenters. The maximum atomic E-state index is 11.2. The molecule has 100 valence electrons. The number of nitrogens with zero attached hydrogens (tertiary/aromatic N) is 2. The van der Waals surface area contributed by atoms with Crippen LogP contribution in [0.1, 0.15) is 12.8 Å². The fourth-order valence-electron chi connectivity index (χ4n) is 2.19. The van der Waals surface area contributed by atoms with Crippen molar-refractivity contribution in [3.63, 3.8) is 0 Å². The van der Waals surface area contributed by atoms with Crippen molar-refractivity contribution in [1.29, 1.82) is 0 Å². The average molecular weight is 267 g/mol. The molecule has 0 atom stereocenters. The van der Waals surface area contributed by atoms with Gasteiger partial charge in [-0.05, 0) is 37.1 Å². The number of aromatic amines is 2. The quantitative estimate of drug-likeness (QED) is 0.676. The van der Waals surface area contributed by atoms with Gasteiger partial charge in [0.15, 0.2) is 0 Å². The summed E-state index contributed by atoms with van der Waals surface area (Å²) in [5.41, 5.74) is 3.08. The van der Waals surface area contributed by atoms with Gasteiger partial charge in [-0.25, -0.2) is 4.79 Å². The molecule has 6 nitrogen and oxygen atoms in total. The smallest absolute Gasteiger partial charge is 0.323 e. The fourth-order valence-corrected chi connectivity index (χ4v) is 2.19. The molecule has 1 aliphatic carbocycles. The monoisotopic (exact) mass is 267 g/mol. The van der Waals surface area contributed by atoms with E-state index in [2.05, 4.69) is 25.5 Å². The number of fused-ring (bicyclic) bond motifs is 1. The number of imidazole rings is 1. The van der Waals surface area contributed by atoms with Gasteiger partial charge in [0, 0.05) is 11.6 Å². The molecule has 0 saturated heterocycles. The lowest BCUT2D eigenvalue weighted by Gasteiger charge is -2.04. The molecule has 1 aliphatic rings. The van der Waals surface area contributed by atoms with Crippen LogP contribution in [0.5, 0.6) is 0 Å². The van der Waals surface area contributed by atoms with Gasteiger partial charge in [-0.1, -0.05) is 6.07 Å². The van der Waals surface area contributed by atoms with Crippen molar-refractivity contribution in [3.8, 4) is 11.3 Å². The van der Waals surface area contributed by atoms with E-state index in [1.807, 2.05) is 30.3 Å². The van der Waals surface area contributed by atoms with E-state index in [1.54, 1.807) is 0 Å². The highest BCUT2D eigenvalue weighted by atomic mass is 16.1. The van der Waals surface area contributed by atoms with Gasteiger partial charge in [0.25, 0.3) is 0 Å². The second-order valence-corrected chi connectivity index (χ2v) is 5.06. The summed E-state index contributed by atoms with van der Waals surface area (Å²) in [4.78, 5) is 16.7. The molecule has 4 rings (SSSR count). The van der Waals surface area contributed by atoms with Crippen LogP contribution in [0, 0.1) is 0 Å². The summed E-state index contributed by atoms with van der Waals surface area (Å²) in [6.45, 7) is 0. The van der Waals surface area contributed by atoms with E-state index in [9.17, 15) is 4.79 Å². The van der Waals surface area contributed by atoms with Gasteiger partial charge >= 0.3 is 5.69 Å². The molecule has 1 fully saturated rings. The van der Waals surface area contributed by atoms with Gasteiger partial charge in [-0.3, -0.25) is 0 Å². The Morgan fingerprint density at radius 1 is 1.05 bits per heavy atom. The van der Waals surface area contributed by atoms with Crippen molar-refractivity contribution in [2.75, 3.05) is 5.32 Å². The van der Waals surface area contributed by atoms with Gasteiger partial charge in [0.1, 0.15) is 5.82 Å². The molecule has 3 N–H and O–H groups in total. The molecule has 2 heterocycles. The maximum absolute atomic E-state index is 11.2. The highest BCUT2D eigenvalue weighted by Crippen LogP contribution is 2.24. The predicted octanol–water partition coefficient (Wildman–Crippen LogP) is 1.89. The molecule has 2 aromatic heterocycles. The molecule has 0 bridgehead atoms. The summed E-state index contributed by atoms with van der Waals surface area (Å²) in [6, 6.07) is 10.1. The number of rotatable bonds is 3.